The molecule has 0 aliphatic carbocycles. The summed E-state index contributed by atoms with van der Waals surface area (Å²) in [5.74, 6) is 0.649. The first-order valence-electron chi connectivity index (χ1n) is 7.04. The summed E-state index contributed by atoms with van der Waals surface area (Å²) in [6, 6.07) is 12.9. The van der Waals surface area contributed by atoms with E-state index < -0.39 is 0 Å². The van der Waals surface area contributed by atoms with Gasteiger partial charge in [0.1, 0.15) is 10.8 Å². The highest BCUT2D eigenvalue weighted by atomic mass is 32.1. The number of aromatic nitrogens is 2. The van der Waals surface area contributed by atoms with Crippen LogP contribution < -0.4 is 10.1 Å². The zero-order chi connectivity index (χ0) is 16.1. The number of anilines is 1. The second-order valence-corrected chi connectivity index (χ2v) is 5.67. The number of nitrogens with zero attached hydrogens (tertiary/aromatic N) is 2. The molecule has 23 heavy (non-hydrogen) atoms. The maximum absolute atomic E-state index is 12.1. The molecule has 0 aliphatic heterocycles. The Hall–Kier alpha value is -2.73. The lowest BCUT2D eigenvalue weighted by molar-refractivity contribution is -0.115. The van der Waals surface area contributed by atoms with E-state index in [1.807, 2.05) is 23.6 Å². The Labute approximate surface area is 138 Å². The third-order valence-electron chi connectivity index (χ3n) is 3.15. The number of hydrogen-bond acceptors (Lipinski definition) is 5. The SMILES string of the molecule is COc1ccc(NC(=O)Cc2csc(-c3ccccn3)n2)cc1. The maximum Gasteiger partial charge on any atom is 0.230 e. The van der Waals surface area contributed by atoms with Crippen LogP contribution in [0.15, 0.2) is 54.0 Å². The summed E-state index contributed by atoms with van der Waals surface area (Å²) in [5, 5.41) is 5.55. The van der Waals surface area contributed by atoms with Crippen LogP contribution in [-0.2, 0) is 11.2 Å². The zero-order valence-corrected chi connectivity index (χ0v) is 13.3. The van der Waals surface area contributed by atoms with Crippen molar-refractivity contribution in [3.8, 4) is 16.5 Å². The molecule has 2 aromatic heterocycles. The number of benzene rings is 1. The van der Waals surface area contributed by atoms with Gasteiger partial charge in [-0.15, -0.1) is 11.3 Å². The van der Waals surface area contributed by atoms with Crippen molar-refractivity contribution in [3.05, 3.63) is 59.7 Å². The predicted octanol–water partition coefficient (Wildman–Crippen LogP) is 3.39. The largest absolute Gasteiger partial charge is 0.497 e. The van der Waals surface area contributed by atoms with E-state index in [1.54, 1.807) is 37.6 Å². The van der Waals surface area contributed by atoms with Crippen LogP contribution in [0.4, 0.5) is 5.69 Å². The first-order chi connectivity index (χ1) is 11.2. The summed E-state index contributed by atoms with van der Waals surface area (Å²) in [5.41, 5.74) is 2.29. The highest BCUT2D eigenvalue weighted by Crippen LogP contribution is 2.22. The molecule has 1 N–H and O–H groups in total. The van der Waals surface area contributed by atoms with Crippen LogP contribution in [0.5, 0.6) is 5.75 Å². The Morgan fingerprint density at radius 2 is 2.04 bits per heavy atom. The first kappa shape index (κ1) is 15.2. The number of pyridine rings is 1. The van der Waals surface area contributed by atoms with E-state index in [9.17, 15) is 4.79 Å². The van der Waals surface area contributed by atoms with Crippen molar-refractivity contribution in [3.63, 3.8) is 0 Å². The second kappa shape index (κ2) is 7.02. The van der Waals surface area contributed by atoms with E-state index in [-0.39, 0.29) is 12.3 Å². The van der Waals surface area contributed by atoms with Crippen molar-refractivity contribution >= 4 is 22.9 Å². The van der Waals surface area contributed by atoms with E-state index in [0.29, 0.717) is 0 Å². The Bertz CT molecular complexity index is 785. The van der Waals surface area contributed by atoms with Crippen LogP contribution in [0.1, 0.15) is 5.69 Å². The molecule has 0 atom stereocenters. The summed E-state index contributed by atoms with van der Waals surface area (Å²) in [4.78, 5) is 20.8. The van der Waals surface area contributed by atoms with Gasteiger partial charge in [-0.25, -0.2) is 4.98 Å². The van der Waals surface area contributed by atoms with Crippen LogP contribution in [0.25, 0.3) is 10.7 Å². The molecule has 0 unspecified atom stereocenters. The minimum absolute atomic E-state index is 0.104. The lowest BCUT2D eigenvalue weighted by Crippen LogP contribution is -2.14. The molecule has 1 amide bonds. The van der Waals surface area contributed by atoms with Crippen LogP contribution in [0.2, 0.25) is 0 Å². The van der Waals surface area contributed by atoms with E-state index in [1.165, 1.54) is 11.3 Å². The van der Waals surface area contributed by atoms with E-state index >= 15 is 0 Å². The van der Waals surface area contributed by atoms with Gasteiger partial charge in [-0.1, -0.05) is 6.07 Å². The fourth-order valence-corrected chi connectivity index (χ4v) is 2.83. The highest BCUT2D eigenvalue weighted by Gasteiger charge is 2.10. The normalized spacial score (nSPS) is 10.3. The van der Waals surface area contributed by atoms with E-state index in [2.05, 4.69) is 15.3 Å². The fourth-order valence-electron chi connectivity index (χ4n) is 2.04. The van der Waals surface area contributed by atoms with Gasteiger partial charge in [-0.3, -0.25) is 9.78 Å². The molecule has 116 valence electrons. The summed E-state index contributed by atoms with van der Waals surface area (Å²) in [7, 11) is 1.61. The van der Waals surface area contributed by atoms with Crippen LogP contribution >= 0.6 is 11.3 Å². The third-order valence-corrected chi connectivity index (χ3v) is 4.06. The Morgan fingerprint density at radius 3 is 2.74 bits per heavy atom. The average molecular weight is 325 g/mol. The third kappa shape index (κ3) is 3.92. The van der Waals surface area contributed by atoms with Crippen molar-refractivity contribution in [1.82, 2.24) is 9.97 Å². The zero-order valence-electron chi connectivity index (χ0n) is 12.5. The number of thiazole rings is 1. The number of methoxy groups -OCH3 is 1. The highest BCUT2D eigenvalue weighted by molar-refractivity contribution is 7.13. The maximum atomic E-state index is 12.1. The van der Waals surface area contributed by atoms with Gasteiger partial charge in [0.25, 0.3) is 0 Å². The van der Waals surface area contributed by atoms with Crippen molar-refractivity contribution in [2.45, 2.75) is 6.42 Å². The van der Waals surface area contributed by atoms with Gasteiger partial charge >= 0.3 is 0 Å². The summed E-state index contributed by atoms with van der Waals surface area (Å²) in [6.07, 6.45) is 1.96. The Morgan fingerprint density at radius 1 is 1.22 bits per heavy atom. The van der Waals surface area contributed by atoms with Gasteiger partial charge in [0.05, 0.1) is 24.9 Å². The molecule has 0 saturated heterocycles. The first-order valence-corrected chi connectivity index (χ1v) is 7.92. The van der Waals surface area contributed by atoms with Crippen LogP contribution in [-0.4, -0.2) is 23.0 Å². The summed E-state index contributed by atoms with van der Waals surface area (Å²) < 4.78 is 5.09. The number of hydrogen-bond donors (Lipinski definition) is 1. The molecule has 0 spiro atoms. The predicted molar refractivity (Wildman–Crippen MR) is 90.7 cm³/mol. The Balaban J connectivity index is 1.63. The van der Waals surface area contributed by atoms with Gasteiger partial charge in [-0.05, 0) is 36.4 Å². The molecular weight excluding hydrogens is 310 g/mol. The van der Waals surface area contributed by atoms with Gasteiger partial charge in [0.15, 0.2) is 0 Å². The van der Waals surface area contributed by atoms with E-state index in [0.717, 1.165) is 27.8 Å². The summed E-state index contributed by atoms with van der Waals surface area (Å²) in [6.45, 7) is 0. The molecule has 5 nitrogen and oxygen atoms in total. The number of carbonyl (C=O) groups excluding carboxylic acids is 1. The number of nitrogens with one attached hydrogen (secondary N) is 1. The molecule has 0 fully saturated rings. The molecule has 1 aromatic carbocycles. The number of amides is 1. The minimum atomic E-state index is -0.104. The average Bonchev–Trinajstić information content (AvgIpc) is 3.04. The van der Waals surface area contributed by atoms with Gasteiger partial charge < -0.3 is 10.1 Å². The molecule has 6 heteroatoms. The monoisotopic (exact) mass is 325 g/mol. The standard InChI is InChI=1S/C17H15N3O2S/c1-22-14-7-5-12(6-8-14)19-16(21)10-13-11-23-17(20-13)15-4-2-3-9-18-15/h2-9,11H,10H2,1H3,(H,19,21). The molecule has 2 heterocycles. The summed E-state index contributed by atoms with van der Waals surface area (Å²) >= 11 is 1.49. The van der Waals surface area contributed by atoms with Gasteiger partial charge in [-0.2, -0.15) is 0 Å². The fraction of sp³-hybridized carbons (Fsp3) is 0.118. The quantitative estimate of drug-likeness (QED) is 0.781. The molecule has 0 aliphatic rings. The van der Waals surface area contributed by atoms with Crippen molar-refractivity contribution in [1.29, 1.82) is 0 Å². The molecule has 3 aromatic rings. The van der Waals surface area contributed by atoms with Gasteiger partial charge in [0, 0.05) is 17.3 Å². The van der Waals surface area contributed by atoms with E-state index in [4.69, 9.17) is 4.74 Å². The smallest absolute Gasteiger partial charge is 0.230 e. The molecule has 0 radical (unpaired) electrons. The van der Waals surface area contributed by atoms with Crippen LogP contribution in [0, 0.1) is 0 Å². The van der Waals surface area contributed by atoms with Crippen molar-refractivity contribution in [2.24, 2.45) is 0 Å². The van der Waals surface area contributed by atoms with Crippen molar-refractivity contribution in [2.75, 3.05) is 12.4 Å². The molecular formula is C17H15N3O2S. The lowest BCUT2D eigenvalue weighted by Gasteiger charge is -2.05. The number of carbonyl (C=O) groups is 1. The Kier molecular flexibility index (Phi) is 4.63. The lowest BCUT2D eigenvalue weighted by atomic mass is 10.2. The van der Waals surface area contributed by atoms with Crippen molar-refractivity contribution < 1.29 is 9.53 Å². The topological polar surface area (TPSA) is 64.1 Å². The molecule has 3 rings (SSSR count). The molecule has 0 saturated carbocycles. The van der Waals surface area contributed by atoms with Gasteiger partial charge in [0.2, 0.25) is 5.91 Å². The number of ether oxygens (including phenoxy) is 1. The second-order valence-electron chi connectivity index (χ2n) is 4.81. The number of rotatable bonds is 5. The van der Waals surface area contributed by atoms with Crippen LogP contribution in [0.3, 0.4) is 0 Å². The molecule has 0 bridgehead atoms. The minimum Gasteiger partial charge on any atom is -0.497 e.